The summed E-state index contributed by atoms with van der Waals surface area (Å²) in [4.78, 5) is 3.90. The highest BCUT2D eigenvalue weighted by atomic mass is 16.5. The lowest BCUT2D eigenvalue weighted by Gasteiger charge is -1.99. The Balaban J connectivity index is 2.11. The van der Waals surface area contributed by atoms with Crippen LogP contribution < -0.4 is 0 Å². The lowest BCUT2D eigenvalue weighted by Crippen LogP contribution is -1.98. The van der Waals surface area contributed by atoms with Crippen LogP contribution in [0.25, 0.3) is 0 Å². The smallest absolute Gasteiger partial charge is 0.213 e. The van der Waals surface area contributed by atoms with Crippen molar-refractivity contribution >= 4 is 0 Å². The van der Waals surface area contributed by atoms with Gasteiger partial charge in [0.05, 0.1) is 12.6 Å². The highest BCUT2D eigenvalue weighted by Crippen LogP contribution is 2.12. The van der Waals surface area contributed by atoms with Crippen molar-refractivity contribution in [3.05, 3.63) is 36.2 Å². The molecule has 0 amide bonds. The van der Waals surface area contributed by atoms with Gasteiger partial charge in [0.1, 0.15) is 0 Å². The summed E-state index contributed by atoms with van der Waals surface area (Å²) in [6.45, 7) is 2.29. The molecule has 2 aromatic heterocycles. The molecule has 1 unspecified atom stereocenters. The molecule has 2 heterocycles. The summed E-state index contributed by atoms with van der Waals surface area (Å²) >= 11 is 0. The molecule has 74 valence electrons. The molecule has 1 atom stereocenters. The third kappa shape index (κ3) is 1.82. The van der Waals surface area contributed by atoms with Crippen molar-refractivity contribution in [1.82, 2.24) is 14.7 Å². The van der Waals surface area contributed by atoms with Gasteiger partial charge in [0.2, 0.25) is 6.39 Å². The molecule has 5 nitrogen and oxygen atoms in total. The normalized spacial score (nSPS) is 13.0. The van der Waals surface area contributed by atoms with Crippen molar-refractivity contribution in [3.63, 3.8) is 0 Å². The van der Waals surface area contributed by atoms with Crippen molar-refractivity contribution in [1.29, 1.82) is 0 Å². The van der Waals surface area contributed by atoms with Crippen molar-refractivity contribution in [2.45, 2.75) is 19.6 Å². The van der Waals surface area contributed by atoms with Crippen molar-refractivity contribution < 1.29 is 9.63 Å². The molecule has 0 saturated heterocycles. The van der Waals surface area contributed by atoms with E-state index in [-0.39, 0.29) is 0 Å². The molecule has 2 rings (SSSR count). The Bertz CT molecular complexity index is 392. The van der Waals surface area contributed by atoms with Crippen LogP contribution in [0.1, 0.15) is 24.4 Å². The molecule has 2 aromatic rings. The van der Waals surface area contributed by atoms with Crippen LogP contribution in [0.15, 0.2) is 29.4 Å². The number of rotatable bonds is 3. The van der Waals surface area contributed by atoms with Crippen LogP contribution in [0.5, 0.6) is 0 Å². The topological polar surface area (TPSA) is 64.1 Å². The summed E-state index contributed by atoms with van der Waals surface area (Å²) in [7, 11) is 0. The van der Waals surface area contributed by atoms with E-state index >= 15 is 0 Å². The second-order valence-electron chi connectivity index (χ2n) is 3.14. The highest BCUT2D eigenvalue weighted by molar-refractivity contribution is 5.13. The Labute approximate surface area is 81.0 Å². The zero-order valence-corrected chi connectivity index (χ0v) is 7.79. The average molecular weight is 193 g/mol. The van der Waals surface area contributed by atoms with Gasteiger partial charge in [-0.1, -0.05) is 5.16 Å². The van der Waals surface area contributed by atoms with Crippen LogP contribution in [0.2, 0.25) is 0 Å². The molecule has 1 N–H and O–H groups in total. The molecule has 0 spiro atoms. The van der Waals surface area contributed by atoms with Crippen LogP contribution in [-0.4, -0.2) is 19.8 Å². The standard InChI is InChI=1S/C9H11N3O2/c1-7(13)8-2-3-12(4-8)5-9-10-6-14-11-9/h2-4,6-7,13H,5H2,1H3. The SMILES string of the molecule is CC(O)c1ccn(Cc2ncon2)c1. The van der Waals surface area contributed by atoms with E-state index in [1.165, 1.54) is 6.39 Å². The quantitative estimate of drug-likeness (QED) is 0.788. The average Bonchev–Trinajstić information content (AvgIpc) is 2.75. The molecule has 14 heavy (non-hydrogen) atoms. The van der Waals surface area contributed by atoms with Gasteiger partial charge in [0, 0.05) is 12.4 Å². The van der Waals surface area contributed by atoms with Crippen LogP contribution in [0, 0.1) is 0 Å². The minimum atomic E-state index is -0.443. The van der Waals surface area contributed by atoms with Gasteiger partial charge in [-0.05, 0) is 18.6 Å². The molecular weight excluding hydrogens is 182 g/mol. The second-order valence-corrected chi connectivity index (χ2v) is 3.14. The maximum atomic E-state index is 9.30. The Morgan fingerprint density at radius 2 is 2.50 bits per heavy atom. The second kappa shape index (κ2) is 3.63. The van der Waals surface area contributed by atoms with Gasteiger partial charge in [-0.2, -0.15) is 4.98 Å². The minimum Gasteiger partial charge on any atom is -0.389 e. The Morgan fingerprint density at radius 1 is 1.64 bits per heavy atom. The van der Waals surface area contributed by atoms with E-state index in [1.807, 2.05) is 23.0 Å². The maximum Gasteiger partial charge on any atom is 0.213 e. The fourth-order valence-electron chi connectivity index (χ4n) is 1.23. The van der Waals surface area contributed by atoms with E-state index in [0.29, 0.717) is 12.4 Å². The summed E-state index contributed by atoms with van der Waals surface area (Å²) in [6, 6.07) is 1.87. The molecule has 0 fully saturated rings. The molecule has 0 radical (unpaired) electrons. The van der Waals surface area contributed by atoms with Crippen LogP contribution in [0.4, 0.5) is 0 Å². The Hall–Kier alpha value is -1.62. The van der Waals surface area contributed by atoms with Crippen LogP contribution >= 0.6 is 0 Å². The first-order valence-corrected chi connectivity index (χ1v) is 4.34. The molecule has 0 aromatic carbocycles. The lowest BCUT2D eigenvalue weighted by molar-refractivity contribution is 0.199. The molecule has 0 aliphatic heterocycles. The van der Waals surface area contributed by atoms with Gasteiger partial charge in [-0.3, -0.25) is 0 Å². The highest BCUT2D eigenvalue weighted by Gasteiger charge is 2.04. The zero-order chi connectivity index (χ0) is 9.97. The lowest BCUT2D eigenvalue weighted by atomic mass is 10.2. The maximum absolute atomic E-state index is 9.30. The Morgan fingerprint density at radius 3 is 3.07 bits per heavy atom. The van der Waals surface area contributed by atoms with Gasteiger partial charge in [-0.15, -0.1) is 0 Å². The third-order valence-corrected chi connectivity index (χ3v) is 1.99. The molecule has 0 aliphatic carbocycles. The van der Waals surface area contributed by atoms with Crippen LogP contribution in [0.3, 0.4) is 0 Å². The summed E-state index contributed by atoms with van der Waals surface area (Å²) in [5, 5.41) is 13.0. The summed E-state index contributed by atoms with van der Waals surface area (Å²) in [6.07, 6.45) is 4.59. The van der Waals surface area contributed by atoms with Crippen molar-refractivity contribution in [2.24, 2.45) is 0 Å². The fourth-order valence-corrected chi connectivity index (χ4v) is 1.23. The van der Waals surface area contributed by atoms with Crippen molar-refractivity contribution in [3.8, 4) is 0 Å². The number of hydrogen-bond acceptors (Lipinski definition) is 4. The number of hydrogen-bond donors (Lipinski definition) is 1. The van der Waals surface area contributed by atoms with E-state index < -0.39 is 6.10 Å². The molecular formula is C9H11N3O2. The minimum absolute atomic E-state index is 0.443. The number of aromatic nitrogens is 3. The number of nitrogens with zero attached hydrogens (tertiary/aromatic N) is 3. The van der Waals surface area contributed by atoms with Gasteiger partial charge in [0.15, 0.2) is 5.82 Å². The van der Waals surface area contributed by atoms with E-state index in [4.69, 9.17) is 0 Å². The first-order chi connectivity index (χ1) is 6.75. The first kappa shape index (κ1) is 8.96. The molecule has 5 heteroatoms. The number of aliphatic hydroxyl groups excluding tert-OH is 1. The molecule has 0 saturated carbocycles. The van der Waals surface area contributed by atoms with Gasteiger partial charge in [-0.25, -0.2) is 0 Å². The van der Waals surface area contributed by atoms with E-state index in [2.05, 4.69) is 14.7 Å². The third-order valence-electron chi connectivity index (χ3n) is 1.99. The monoisotopic (exact) mass is 193 g/mol. The fraction of sp³-hybridized carbons (Fsp3) is 0.333. The van der Waals surface area contributed by atoms with E-state index in [0.717, 1.165) is 5.56 Å². The van der Waals surface area contributed by atoms with Gasteiger partial charge in [0.25, 0.3) is 0 Å². The van der Waals surface area contributed by atoms with E-state index in [9.17, 15) is 5.11 Å². The largest absolute Gasteiger partial charge is 0.389 e. The number of aliphatic hydroxyl groups is 1. The van der Waals surface area contributed by atoms with Gasteiger partial charge < -0.3 is 14.2 Å². The predicted molar refractivity (Wildman–Crippen MR) is 48.5 cm³/mol. The first-order valence-electron chi connectivity index (χ1n) is 4.34. The summed E-state index contributed by atoms with van der Waals surface area (Å²) in [5.41, 5.74) is 0.883. The summed E-state index contributed by atoms with van der Waals surface area (Å²) in [5.74, 6) is 0.623. The zero-order valence-electron chi connectivity index (χ0n) is 7.79. The molecule has 0 bridgehead atoms. The Kier molecular flexibility index (Phi) is 2.32. The van der Waals surface area contributed by atoms with Gasteiger partial charge >= 0.3 is 0 Å². The van der Waals surface area contributed by atoms with Crippen LogP contribution in [-0.2, 0) is 6.54 Å². The van der Waals surface area contributed by atoms with Crippen molar-refractivity contribution in [2.75, 3.05) is 0 Å². The van der Waals surface area contributed by atoms with E-state index in [1.54, 1.807) is 6.92 Å². The predicted octanol–water partition coefficient (Wildman–Crippen LogP) is 0.973. The molecule has 0 aliphatic rings. The summed E-state index contributed by atoms with van der Waals surface area (Å²) < 4.78 is 6.51.